The first-order valence-corrected chi connectivity index (χ1v) is 10.4. The van der Waals surface area contributed by atoms with Gasteiger partial charge in [0.05, 0.1) is 28.1 Å². The molecule has 10 heteroatoms. The van der Waals surface area contributed by atoms with E-state index in [4.69, 9.17) is 4.74 Å². The zero-order valence-corrected chi connectivity index (χ0v) is 17.8. The van der Waals surface area contributed by atoms with Gasteiger partial charge in [-0.05, 0) is 32.1 Å². The van der Waals surface area contributed by atoms with Crippen molar-refractivity contribution < 1.29 is 14.5 Å². The monoisotopic (exact) mass is 430 g/mol. The summed E-state index contributed by atoms with van der Waals surface area (Å²) in [5.41, 5.74) is 1.15. The van der Waals surface area contributed by atoms with Crippen LogP contribution < -0.4 is 10.9 Å². The number of aromatic nitrogens is 2. The summed E-state index contributed by atoms with van der Waals surface area (Å²) in [4.78, 5) is 43.7. The summed E-state index contributed by atoms with van der Waals surface area (Å²) in [6.07, 6.45) is -0.351. The molecule has 2 heterocycles. The van der Waals surface area contributed by atoms with Crippen LogP contribution in [0, 0.1) is 10.1 Å². The lowest BCUT2D eigenvalue weighted by atomic mass is 9.82. The molecule has 0 saturated heterocycles. The molecule has 0 bridgehead atoms. The van der Waals surface area contributed by atoms with Crippen molar-refractivity contribution in [2.75, 3.05) is 11.1 Å². The number of hydrogen-bond donors (Lipinski definition) is 2. The highest BCUT2D eigenvalue weighted by molar-refractivity contribution is 7.99. The number of nitro groups is 1. The minimum absolute atomic E-state index is 0.0818. The maximum Gasteiger partial charge on any atom is 0.337 e. The molecule has 2 aromatic rings. The number of nitrogens with one attached hydrogen (secondary N) is 2. The summed E-state index contributed by atoms with van der Waals surface area (Å²) >= 11 is 1.39. The molecule has 0 saturated carbocycles. The quantitative estimate of drug-likeness (QED) is 0.234. The first-order valence-electron chi connectivity index (χ1n) is 9.43. The second-order valence-corrected chi connectivity index (χ2v) is 8.22. The highest BCUT2D eigenvalue weighted by atomic mass is 32.2. The van der Waals surface area contributed by atoms with Crippen LogP contribution in [0.25, 0.3) is 0 Å². The molecule has 1 aromatic heterocycles. The van der Waals surface area contributed by atoms with Crippen LogP contribution in [0.15, 0.2) is 45.5 Å². The average molecular weight is 430 g/mol. The number of aromatic amines is 1. The van der Waals surface area contributed by atoms with Gasteiger partial charge in [0.2, 0.25) is 0 Å². The summed E-state index contributed by atoms with van der Waals surface area (Å²) in [5, 5.41) is 14.6. The number of allylic oxidation sites excluding steroid dienone is 1. The van der Waals surface area contributed by atoms with E-state index in [0.717, 1.165) is 5.75 Å². The number of thioether (sulfide) groups is 1. The molecule has 3 rings (SSSR count). The van der Waals surface area contributed by atoms with Crippen molar-refractivity contribution >= 4 is 29.2 Å². The lowest BCUT2D eigenvalue weighted by Crippen LogP contribution is -2.31. The van der Waals surface area contributed by atoms with Gasteiger partial charge in [-0.1, -0.05) is 30.8 Å². The van der Waals surface area contributed by atoms with Gasteiger partial charge in [-0.25, -0.2) is 9.78 Å². The molecule has 1 atom stereocenters. The Hall–Kier alpha value is -3.14. The molecule has 0 unspecified atom stereocenters. The summed E-state index contributed by atoms with van der Waals surface area (Å²) in [7, 11) is 0. The molecule has 0 spiro atoms. The molecular formula is C20H22N4O5S. The number of nitrogens with zero attached hydrogens (tertiary/aromatic N) is 2. The predicted octanol–water partition coefficient (Wildman–Crippen LogP) is 3.57. The summed E-state index contributed by atoms with van der Waals surface area (Å²) < 4.78 is 5.41. The van der Waals surface area contributed by atoms with Crippen molar-refractivity contribution in [1.82, 2.24) is 9.97 Å². The van der Waals surface area contributed by atoms with Gasteiger partial charge < -0.3 is 15.0 Å². The molecule has 30 heavy (non-hydrogen) atoms. The van der Waals surface area contributed by atoms with Crippen LogP contribution in [0.2, 0.25) is 0 Å². The number of anilines is 1. The third-order valence-corrected chi connectivity index (χ3v) is 5.26. The lowest BCUT2D eigenvalue weighted by Gasteiger charge is -2.29. The number of carbonyl (C=O) groups excluding carboxylic acids is 1. The number of nitro benzene ring substituents is 1. The first-order chi connectivity index (χ1) is 14.2. The molecule has 2 N–H and O–H groups in total. The number of ether oxygens (including phenoxy) is 1. The topological polar surface area (TPSA) is 127 Å². The highest BCUT2D eigenvalue weighted by Gasteiger charge is 2.36. The zero-order chi connectivity index (χ0) is 22.0. The van der Waals surface area contributed by atoms with Crippen molar-refractivity contribution in [3.8, 4) is 0 Å². The molecular weight excluding hydrogens is 408 g/mol. The van der Waals surface area contributed by atoms with Crippen molar-refractivity contribution in [3.05, 3.63) is 67.1 Å². The minimum atomic E-state index is -0.773. The molecule has 0 amide bonds. The van der Waals surface area contributed by atoms with Gasteiger partial charge in [0.25, 0.3) is 11.2 Å². The van der Waals surface area contributed by atoms with Crippen LogP contribution in [0.5, 0.6) is 0 Å². The molecule has 1 aliphatic heterocycles. The molecule has 0 radical (unpaired) electrons. The molecule has 1 aromatic carbocycles. The fraction of sp³-hybridized carbons (Fsp3) is 0.350. The second-order valence-electron chi connectivity index (χ2n) is 6.97. The Morgan fingerprint density at radius 2 is 2.00 bits per heavy atom. The SMILES string of the molecule is CCSc1nc2c(c(=O)[nH]1)[C@H](c1ccc([N+](=O)[O-])cc1)C(C(=O)OC(C)C)=C(C)N2. The summed E-state index contributed by atoms with van der Waals surface area (Å²) in [6.45, 7) is 7.14. The highest BCUT2D eigenvalue weighted by Crippen LogP contribution is 2.40. The number of non-ortho nitro benzene ring substituents is 1. The average Bonchev–Trinajstić information content (AvgIpc) is 2.66. The van der Waals surface area contributed by atoms with Crippen molar-refractivity contribution in [2.24, 2.45) is 0 Å². The van der Waals surface area contributed by atoms with Gasteiger partial charge in [-0.15, -0.1) is 0 Å². The van der Waals surface area contributed by atoms with Crippen molar-refractivity contribution in [1.29, 1.82) is 0 Å². The Bertz CT molecular complexity index is 1080. The molecule has 0 aliphatic carbocycles. The van der Waals surface area contributed by atoms with E-state index >= 15 is 0 Å². The van der Waals surface area contributed by atoms with Crippen molar-refractivity contribution in [3.63, 3.8) is 0 Å². The Balaban J connectivity index is 2.20. The molecule has 9 nitrogen and oxygen atoms in total. The van der Waals surface area contributed by atoms with E-state index in [0.29, 0.717) is 22.2 Å². The number of fused-ring (bicyclic) bond motifs is 1. The van der Waals surface area contributed by atoms with Gasteiger partial charge >= 0.3 is 5.97 Å². The number of esters is 1. The molecule has 158 valence electrons. The van der Waals surface area contributed by atoms with Gasteiger partial charge in [0, 0.05) is 17.8 Å². The third-order valence-electron chi connectivity index (χ3n) is 4.50. The Morgan fingerprint density at radius 3 is 2.57 bits per heavy atom. The van der Waals surface area contributed by atoms with Gasteiger partial charge in [-0.3, -0.25) is 14.9 Å². The number of H-pyrrole nitrogens is 1. The number of carbonyl (C=O) groups is 1. The standard InChI is InChI=1S/C20H22N4O5S/c1-5-30-20-22-17-16(18(25)23-20)15(12-6-8-13(9-7-12)24(27)28)14(11(4)21-17)19(26)29-10(2)3/h6-10,15H,5H2,1-4H3,(H2,21,22,23,25)/t15-/m1/s1. The normalized spacial score (nSPS) is 15.6. The Labute approximate surface area is 177 Å². The van der Waals surface area contributed by atoms with Gasteiger partial charge in [0.1, 0.15) is 5.82 Å². The summed E-state index contributed by atoms with van der Waals surface area (Å²) in [6, 6.07) is 5.78. The second kappa shape index (κ2) is 8.70. The minimum Gasteiger partial charge on any atom is -0.460 e. The van der Waals surface area contributed by atoms with Crippen LogP contribution in [0.3, 0.4) is 0 Å². The van der Waals surface area contributed by atoms with E-state index in [-0.39, 0.29) is 28.5 Å². The van der Waals surface area contributed by atoms with E-state index in [1.807, 2.05) is 6.92 Å². The maximum atomic E-state index is 13.0. The van der Waals surface area contributed by atoms with E-state index in [1.54, 1.807) is 32.9 Å². The number of rotatable bonds is 6. The van der Waals surface area contributed by atoms with Crippen LogP contribution >= 0.6 is 11.8 Å². The van der Waals surface area contributed by atoms with E-state index < -0.39 is 16.8 Å². The predicted molar refractivity (Wildman–Crippen MR) is 114 cm³/mol. The fourth-order valence-electron chi connectivity index (χ4n) is 3.31. The molecule has 1 aliphatic rings. The third kappa shape index (κ3) is 4.23. The van der Waals surface area contributed by atoms with Gasteiger partial charge in [-0.2, -0.15) is 0 Å². The Morgan fingerprint density at radius 1 is 1.33 bits per heavy atom. The van der Waals surface area contributed by atoms with Crippen molar-refractivity contribution in [2.45, 2.75) is 44.9 Å². The largest absolute Gasteiger partial charge is 0.460 e. The first kappa shape index (κ1) is 21.6. The maximum absolute atomic E-state index is 13.0. The molecule has 0 fully saturated rings. The van der Waals surface area contributed by atoms with Gasteiger partial charge in [0.15, 0.2) is 5.16 Å². The number of benzene rings is 1. The van der Waals surface area contributed by atoms with E-state index in [9.17, 15) is 19.7 Å². The number of hydrogen-bond acceptors (Lipinski definition) is 8. The smallest absolute Gasteiger partial charge is 0.337 e. The van der Waals surface area contributed by atoms with Crippen LogP contribution in [0.4, 0.5) is 11.5 Å². The lowest BCUT2D eigenvalue weighted by molar-refractivity contribution is -0.384. The fourth-order valence-corrected chi connectivity index (χ4v) is 3.90. The van der Waals surface area contributed by atoms with E-state index in [2.05, 4.69) is 15.3 Å². The van der Waals surface area contributed by atoms with Crippen LogP contribution in [-0.4, -0.2) is 32.7 Å². The van der Waals surface area contributed by atoms with Crippen LogP contribution in [0.1, 0.15) is 44.7 Å². The zero-order valence-electron chi connectivity index (χ0n) is 17.0. The van der Waals surface area contributed by atoms with Crippen LogP contribution in [-0.2, 0) is 9.53 Å². The Kier molecular flexibility index (Phi) is 6.25. The summed E-state index contributed by atoms with van der Waals surface area (Å²) in [5.74, 6) is -0.244. The van der Waals surface area contributed by atoms with E-state index in [1.165, 1.54) is 23.9 Å².